The maximum atomic E-state index is 11.5. The Kier molecular flexibility index (Phi) is 5.35. The first-order valence-electron chi connectivity index (χ1n) is 12.0. The molecule has 1 N–H and O–H groups in total. The molecule has 9 atom stereocenters. The largest absolute Gasteiger partial charge is 0.480 e. The molecule has 0 aliphatic heterocycles. The van der Waals surface area contributed by atoms with E-state index in [-0.39, 0.29) is 0 Å². The van der Waals surface area contributed by atoms with Gasteiger partial charge in [-0.15, -0.1) is 6.42 Å². The molecule has 28 heavy (non-hydrogen) atoms. The van der Waals surface area contributed by atoms with Crippen LogP contribution in [0.5, 0.6) is 0 Å². The lowest BCUT2D eigenvalue weighted by Crippen LogP contribution is -2.53. The number of carboxylic acid groups (broad SMARTS) is 1. The maximum absolute atomic E-state index is 11.5. The molecule has 4 aliphatic rings. The third kappa shape index (κ3) is 3.03. The van der Waals surface area contributed by atoms with Crippen molar-refractivity contribution in [3.8, 4) is 12.3 Å². The van der Waals surface area contributed by atoms with Crippen molar-refractivity contribution in [2.45, 2.75) is 91.4 Å². The SMILES string of the molecule is C#CC(C[C@@H](C)[C@H]1CC[C@H]2[C@@H]3CCC4CCCC[C@]4(C)[C@H]3CC[C@]12C)C(=O)O. The highest BCUT2D eigenvalue weighted by Crippen LogP contribution is 2.68. The summed E-state index contributed by atoms with van der Waals surface area (Å²) in [5, 5.41) is 9.41. The lowest BCUT2D eigenvalue weighted by molar-refractivity contribution is -0.140. The second-order valence-electron chi connectivity index (χ2n) is 11.4. The van der Waals surface area contributed by atoms with Crippen molar-refractivity contribution >= 4 is 5.97 Å². The van der Waals surface area contributed by atoms with Crippen LogP contribution in [0, 0.1) is 64.6 Å². The van der Waals surface area contributed by atoms with Crippen molar-refractivity contribution < 1.29 is 9.90 Å². The molecule has 0 heterocycles. The highest BCUT2D eigenvalue weighted by atomic mass is 16.4. The normalized spacial score (nSPS) is 47.1. The van der Waals surface area contributed by atoms with Crippen LogP contribution in [-0.4, -0.2) is 11.1 Å². The van der Waals surface area contributed by atoms with Crippen LogP contribution >= 0.6 is 0 Å². The van der Waals surface area contributed by atoms with Crippen molar-refractivity contribution in [1.82, 2.24) is 0 Å². The average Bonchev–Trinajstić information content (AvgIpc) is 3.02. The van der Waals surface area contributed by atoms with Gasteiger partial charge < -0.3 is 5.11 Å². The smallest absolute Gasteiger partial charge is 0.318 e. The standard InChI is InChI=1S/C26H40O2/c1-5-18(24(27)28)16-17(2)21-11-12-22-20-10-9-19-8-6-7-14-25(19,3)23(20)13-15-26(21,22)4/h1,17-23H,6-16H2,2-4H3,(H,27,28)/t17-,18?,19?,20+,21-,22+,23+,25+,26-/m1/s1. The van der Waals surface area contributed by atoms with Gasteiger partial charge in [0.2, 0.25) is 0 Å². The van der Waals surface area contributed by atoms with Crippen LogP contribution in [-0.2, 0) is 4.79 Å². The highest BCUT2D eigenvalue weighted by Gasteiger charge is 2.60. The van der Waals surface area contributed by atoms with Gasteiger partial charge in [-0.1, -0.05) is 39.5 Å². The van der Waals surface area contributed by atoms with Crippen LogP contribution in [0.2, 0.25) is 0 Å². The minimum atomic E-state index is -0.818. The fraction of sp³-hybridized carbons (Fsp3) is 0.885. The van der Waals surface area contributed by atoms with E-state index in [4.69, 9.17) is 6.42 Å². The number of fused-ring (bicyclic) bond motifs is 5. The molecule has 2 heteroatoms. The Bertz CT molecular complexity index is 647. The van der Waals surface area contributed by atoms with E-state index < -0.39 is 11.9 Å². The molecule has 0 spiro atoms. The van der Waals surface area contributed by atoms with Crippen LogP contribution in [0.25, 0.3) is 0 Å². The topological polar surface area (TPSA) is 37.3 Å². The van der Waals surface area contributed by atoms with E-state index in [1.54, 1.807) is 0 Å². The first kappa shape index (κ1) is 20.3. The van der Waals surface area contributed by atoms with Gasteiger partial charge in [0, 0.05) is 0 Å². The molecular weight excluding hydrogens is 344 g/mol. The summed E-state index contributed by atoms with van der Waals surface area (Å²) in [6.45, 7) is 7.48. The zero-order chi connectivity index (χ0) is 20.1. The summed E-state index contributed by atoms with van der Waals surface area (Å²) in [6.07, 6.45) is 20.3. The minimum Gasteiger partial charge on any atom is -0.480 e. The molecular formula is C26H40O2. The molecule has 0 aromatic carbocycles. The molecule has 0 amide bonds. The van der Waals surface area contributed by atoms with E-state index in [0.717, 1.165) is 23.7 Å². The Morgan fingerprint density at radius 3 is 2.50 bits per heavy atom. The number of hydrogen-bond donors (Lipinski definition) is 1. The summed E-state index contributed by atoms with van der Waals surface area (Å²) in [5.41, 5.74) is 1.00. The number of rotatable bonds is 4. The number of terminal acetylenes is 1. The average molecular weight is 385 g/mol. The Hall–Kier alpha value is -0.970. The summed E-state index contributed by atoms with van der Waals surface area (Å²) in [5.74, 6) is 5.83. The van der Waals surface area contributed by atoms with Gasteiger partial charge in [-0.2, -0.15) is 0 Å². The minimum absolute atomic E-state index is 0.399. The second kappa shape index (κ2) is 7.37. The third-order valence-electron chi connectivity index (χ3n) is 10.5. The molecule has 0 bridgehead atoms. The van der Waals surface area contributed by atoms with Gasteiger partial charge in [-0.05, 0) is 104 Å². The second-order valence-corrected chi connectivity index (χ2v) is 11.4. The lowest BCUT2D eigenvalue weighted by Gasteiger charge is -2.61. The Morgan fingerprint density at radius 2 is 1.79 bits per heavy atom. The number of carboxylic acids is 1. The first-order valence-corrected chi connectivity index (χ1v) is 12.0. The molecule has 4 aliphatic carbocycles. The molecule has 4 rings (SSSR count). The Morgan fingerprint density at radius 1 is 1.04 bits per heavy atom. The molecule has 2 nitrogen and oxygen atoms in total. The van der Waals surface area contributed by atoms with Gasteiger partial charge in [0.15, 0.2) is 0 Å². The zero-order valence-electron chi connectivity index (χ0n) is 18.3. The molecule has 4 saturated carbocycles. The Balaban J connectivity index is 1.52. The van der Waals surface area contributed by atoms with Crippen molar-refractivity contribution in [1.29, 1.82) is 0 Å². The zero-order valence-corrected chi connectivity index (χ0v) is 18.3. The van der Waals surface area contributed by atoms with Gasteiger partial charge in [-0.25, -0.2) is 0 Å². The van der Waals surface area contributed by atoms with Crippen LogP contribution in [0.1, 0.15) is 91.4 Å². The van der Waals surface area contributed by atoms with Crippen molar-refractivity contribution in [2.24, 2.45) is 52.3 Å². The molecule has 0 aromatic rings. The lowest BCUT2D eigenvalue weighted by atomic mass is 9.44. The van der Waals surface area contributed by atoms with E-state index in [0.29, 0.717) is 29.1 Å². The van der Waals surface area contributed by atoms with E-state index >= 15 is 0 Å². The predicted molar refractivity (Wildman–Crippen MR) is 114 cm³/mol. The summed E-state index contributed by atoms with van der Waals surface area (Å²) in [6, 6.07) is 0. The van der Waals surface area contributed by atoms with Gasteiger partial charge in [0.1, 0.15) is 5.92 Å². The van der Waals surface area contributed by atoms with E-state index in [9.17, 15) is 9.90 Å². The quantitative estimate of drug-likeness (QED) is 0.570. The van der Waals surface area contributed by atoms with Crippen LogP contribution in [0.4, 0.5) is 0 Å². The van der Waals surface area contributed by atoms with Crippen LogP contribution < -0.4 is 0 Å². The van der Waals surface area contributed by atoms with E-state index in [1.165, 1.54) is 64.2 Å². The van der Waals surface area contributed by atoms with Crippen LogP contribution in [0.15, 0.2) is 0 Å². The fourth-order valence-corrected chi connectivity index (χ4v) is 9.05. The predicted octanol–water partition coefficient (Wildman–Crippen LogP) is 6.40. The summed E-state index contributed by atoms with van der Waals surface area (Å²) in [4.78, 5) is 11.5. The van der Waals surface area contributed by atoms with Crippen molar-refractivity contribution in [3.63, 3.8) is 0 Å². The molecule has 0 aromatic heterocycles. The molecule has 4 fully saturated rings. The molecule has 0 saturated heterocycles. The first-order chi connectivity index (χ1) is 13.3. The summed E-state index contributed by atoms with van der Waals surface area (Å²) >= 11 is 0. The van der Waals surface area contributed by atoms with Gasteiger partial charge >= 0.3 is 5.97 Å². The van der Waals surface area contributed by atoms with Gasteiger partial charge in [0.25, 0.3) is 0 Å². The van der Waals surface area contributed by atoms with Crippen molar-refractivity contribution in [3.05, 3.63) is 0 Å². The number of aliphatic carboxylic acids is 1. The van der Waals surface area contributed by atoms with E-state index in [2.05, 4.69) is 26.7 Å². The number of carbonyl (C=O) groups is 1. The third-order valence-corrected chi connectivity index (χ3v) is 10.5. The van der Waals surface area contributed by atoms with Crippen LogP contribution in [0.3, 0.4) is 0 Å². The highest BCUT2D eigenvalue weighted by molar-refractivity contribution is 5.73. The summed E-state index contributed by atoms with van der Waals surface area (Å²) < 4.78 is 0. The monoisotopic (exact) mass is 384 g/mol. The molecule has 2 unspecified atom stereocenters. The molecule has 0 radical (unpaired) electrons. The van der Waals surface area contributed by atoms with Crippen molar-refractivity contribution in [2.75, 3.05) is 0 Å². The Labute approximate surface area is 172 Å². The van der Waals surface area contributed by atoms with Gasteiger partial charge in [0.05, 0.1) is 0 Å². The maximum Gasteiger partial charge on any atom is 0.318 e. The fourth-order valence-electron chi connectivity index (χ4n) is 9.05. The number of hydrogen-bond acceptors (Lipinski definition) is 1. The van der Waals surface area contributed by atoms with E-state index in [1.807, 2.05) is 0 Å². The van der Waals surface area contributed by atoms with Gasteiger partial charge in [-0.3, -0.25) is 4.79 Å². The summed E-state index contributed by atoms with van der Waals surface area (Å²) in [7, 11) is 0. The molecule has 156 valence electrons.